The maximum atomic E-state index is 14.8. The molecule has 0 heterocycles. The van der Waals surface area contributed by atoms with Crippen molar-refractivity contribution >= 4 is 29.4 Å². The summed E-state index contributed by atoms with van der Waals surface area (Å²) >= 11 is 0. The molecule has 0 aliphatic rings. The summed E-state index contributed by atoms with van der Waals surface area (Å²) in [5.41, 5.74) is -0.404. The summed E-state index contributed by atoms with van der Waals surface area (Å²) in [4.78, 5) is 63.8. The van der Waals surface area contributed by atoms with Gasteiger partial charge in [-0.25, -0.2) is 4.39 Å². The number of ether oxygens (including phenoxy) is 1. The molecule has 10 nitrogen and oxygen atoms in total. The van der Waals surface area contributed by atoms with Crippen molar-refractivity contribution in [2.75, 3.05) is 20.3 Å². The van der Waals surface area contributed by atoms with Crippen molar-refractivity contribution in [1.82, 2.24) is 21.3 Å². The monoisotopic (exact) mass is 696 g/mol. The molecule has 48 heavy (non-hydrogen) atoms. The molecule has 0 unspecified atom stereocenters. The van der Waals surface area contributed by atoms with Gasteiger partial charge in [0.2, 0.25) is 17.6 Å². The number of nitrogens with one attached hydrogen (secondary N) is 4. The summed E-state index contributed by atoms with van der Waals surface area (Å²) in [7, 11) is 1.05. The molecule has 0 spiro atoms. The van der Waals surface area contributed by atoms with Crippen LogP contribution in [-0.4, -0.2) is 73.9 Å². The molecule has 0 fully saturated rings. The standard InChI is InChI=1S/C30H32F8N4O6/c1-15(2)21(23(43)30(37,38)26(46)39-14-28(32,33)34)41-25(45)22(17-10-8-16(3)9-11-17)42-24(44)20(13-48-4)40-27(47)29(35,36)18-6-5-7-19(31)12-18/h5-12,15,20-22H,13-14H2,1-4H3,(H,39,46)(H,40,47)(H,41,45)(H,42,44)/t20-,21-,22-/m0/s1. The van der Waals surface area contributed by atoms with Crippen molar-refractivity contribution in [1.29, 1.82) is 0 Å². The van der Waals surface area contributed by atoms with Gasteiger partial charge in [0.15, 0.2) is 0 Å². The summed E-state index contributed by atoms with van der Waals surface area (Å²) in [6, 6.07) is 2.58. The number of alkyl halides is 7. The number of carbonyl (C=O) groups excluding carboxylic acids is 5. The molecule has 2 aromatic rings. The largest absolute Gasteiger partial charge is 0.405 e. The van der Waals surface area contributed by atoms with E-state index in [1.165, 1.54) is 38.1 Å². The minimum atomic E-state index is -5.07. The summed E-state index contributed by atoms with van der Waals surface area (Å²) in [6.07, 6.45) is -5.07. The number of rotatable bonds is 15. The van der Waals surface area contributed by atoms with Gasteiger partial charge in [0.1, 0.15) is 24.4 Å². The van der Waals surface area contributed by atoms with Crippen molar-refractivity contribution in [3.63, 3.8) is 0 Å². The van der Waals surface area contributed by atoms with E-state index >= 15 is 0 Å². The van der Waals surface area contributed by atoms with Gasteiger partial charge in [-0.2, -0.15) is 30.7 Å². The number of benzene rings is 2. The number of carbonyl (C=O) groups is 5. The Morgan fingerprint density at radius 3 is 1.94 bits per heavy atom. The lowest BCUT2D eigenvalue weighted by Crippen LogP contribution is -2.59. The number of amides is 4. The van der Waals surface area contributed by atoms with Crippen LogP contribution in [0.5, 0.6) is 0 Å². The average molecular weight is 697 g/mol. The van der Waals surface area contributed by atoms with Gasteiger partial charge < -0.3 is 26.0 Å². The maximum Gasteiger partial charge on any atom is 0.405 e. The summed E-state index contributed by atoms with van der Waals surface area (Å²) in [6.45, 7) is 1.11. The van der Waals surface area contributed by atoms with Crippen LogP contribution in [0, 0.1) is 18.7 Å². The van der Waals surface area contributed by atoms with Crippen LogP contribution in [0.3, 0.4) is 0 Å². The van der Waals surface area contributed by atoms with Crippen molar-refractivity contribution in [3.8, 4) is 0 Å². The summed E-state index contributed by atoms with van der Waals surface area (Å²) in [5.74, 6) is -21.1. The zero-order chi connectivity index (χ0) is 36.6. The quantitative estimate of drug-likeness (QED) is 0.167. The Hall–Kier alpha value is -4.61. The molecule has 0 radical (unpaired) electrons. The van der Waals surface area contributed by atoms with Gasteiger partial charge in [-0.1, -0.05) is 55.8 Å². The van der Waals surface area contributed by atoms with Gasteiger partial charge in [0.05, 0.1) is 12.6 Å². The molecule has 0 aliphatic heterocycles. The molecule has 0 saturated heterocycles. The fourth-order valence-electron chi connectivity index (χ4n) is 4.09. The van der Waals surface area contributed by atoms with E-state index in [-0.39, 0.29) is 5.56 Å². The highest BCUT2D eigenvalue weighted by Gasteiger charge is 2.52. The van der Waals surface area contributed by atoms with Crippen LogP contribution in [0.15, 0.2) is 48.5 Å². The number of Topliss-reactive ketones (excluding diaryl/α,β-unsaturated/α-hetero) is 1. The predicted octanol–water partition coefficient (Wildman–Crippen LogP) is 3.24. The molecule has 2 rings (SSSR count). The minimum absolute atomic E-state index is 0.0244. The number of ketones is 1. The van der Waals surface area contributed by atoms with Crippen LogP contribution in [0.2, 0.25) is 0 Å². The lowest BCUT2D eigenvalue weighted by molar-refractivity contribution is -0.165. The van der Waals surface area contributed by atoms with Crippen molar-refractivity contribution in [3.05, 3.63) is 71.0 Å². The topological polar surface area (TPSA) is 143 Å². The van der Waals surface area contributed by atoms with Crippen molar-refractivity contribution in [2.24, 2.45) is 5.92 Å². The third-order valence-electron chi connectivity index (χ3n) is 6.68. The van der Waals surface area contributed by atoms with E-state index in [0.29, 0.717) is 11.6 Å². The lowest BCUT2D eigenvalue weighted by atomic mass is 9.94. The van der Waals surface area contributed by atoms with Gasteiger partial charge in [0.25, 0.3) is 11.8 Å². The Morgan fingerprint density at radius 1 is 0.812 bits per heavy atom. The van der Waals surface area contributed by atoms with Gasteiger partial charge in [-0.05, 0) is 30.5 Å². The summed E-state index contributed by atoms with van der Waals surface area (Å²) < 4.78 is 115. The van der Waals surface area contributed by atoms with Crippen LogP contribution in [0.25, 0.3) is 0 Å². The third-order valence-corrected chi connectivity index (χ3v) is 6.68. The first-order valence-corrected chi connectivity index (χ1v) is 14.0. The first-order valence-electron chi connectivity index (χ1n) is 14.0. The van der Waals surface area contributed by atoms with E-state index < -0.39 is 96.0 Å². The maximum absolute atomic E-state index is 14.8. The molecular weight excluding hydrogens is 664 g/mol. The van der Waals surface area contributed by atoms with E-state index in [2.05, 4.69) is 5.32 Å². The molecule has 264 valence electrons. The van der Waals surface area contributed by atoms with Crippen LogP contribution in [-0.2, 0) is 34.6 Å². The van der Waals surface area contributed by atoms with Crippen LogP contribution < -0.4 is 21.3 Å². The average Bonchev–Trinajstić information content (AvgIpc) is 3.00. The Morgan fingerprint density at radius 2 is 1.42 bits per heavy atom. The minimum Gasteiger partial charge on any atom is -0.382 e. The normalized spacial score (nSPS) is 14.0. The number of hydrogen-bond acceptors (Lipinski definition) is 6. The second-order valence-electron chi connectivity index (χ2n) is 10.9. The second kappa shape index (κ2) is 16.0. The highest BCUT2D eigenvalue weighted by atomic mass is 19.4. The lowest BCUT2D eigenvalue weighted by Gasteiger charge is -2.28. The van der Waals surface area contributed by atoms with E-state index in [4.69, 9.17) is 4.74 Å². The predicted molar refractivity (Wildman–Crippen MR) is 152 cm³/mol. The van der Waals surface area contributed by atoms with Crippen molar-refractivity contribution in [2.45, 2.75) is 56.9 Å². The molecule has 0 aliphatic carbocycles. The van der Waals surface area contributed by atoms with Crippen LogP contribution >= 0.6 is 0 Å². The third kappa shape index (κ3) is 10.4. The van der Waals surface area contributed by atoms with Gasteiger partial charge in [0, 0.05) is 12.7 Å². The molecule has 0 saturated carbocycles. The Kier molecular flexibility index (Phi) is 13.2. The Bertz CT molecular complexity index is 1480. The SMILES string of the molecule is COC[C@H](NC(=O)C(F)(F)c1cccc(F)c1)C(=O)N[C@H](C(=O)N[C@H](C(=O)C(F)(F)C(=O)NCC(F)(F)F)C(C)C)c1ccc(C)cc1. The molecule has 4 N–H and O–H groups in total. The van der Waals surface area contributed by atoms with Crippen LogP contribution in [0.1, 0.15) is 36.6 Å². The summed E-state index contributed by atoms with van der Waals surface area (Å²) in [5, 5.41) is 6.81. The Balaban J connectivity index is 2.38. The van der Waals surface area contributed by atoms with Crippen LogP contribution in [0.4, 0.5) is 35.1 Å². The molecule has 18 heteroatoms. The smallest absolute Gasteiger partial charge is 0.382 e. The number of hydrogen-bond donors (Lipinski definition) is 4. The van der Waals surface area contributed by atoms with Gasteiger partial charge in [-0.15, -0.1) is 0 Å². The van der Waals surface area contributed by atoms with E-state index in [1.807, 2.05) is 5.32 Å². The van der Waals surface area contributed by atoms with E-state index in [0.717, 1.165) is 30.6 Å². The molecule has 3 atom stereocenters. The first-order chi connectivity index (χ1) is 22.1. The fourth-order valence-corrected chi connectivity index (χ4v) is 4.09. The number of halogens is 8. The van der Waals surface area contributed by atoms with Gasteiger partial charge >= 0.3 is 18.0 Å². The van der Waals surface area contributed by atoms with E-state index in [1.54, 1.807) is 12.2 Å². The second-order valence-corrected chi connectivity index (χ2v) is 10.9. The van der Waals surface area contributed by atoms with E-state index in [9.17, 15) is 59.1 Å². The van der Waals surface area contributed by atoms with Gasteiger partial charge in [-0.3, -0.25) is 24.0 Å². The fraction of sp³-hybridized carbons (Fsp3) is 0.433. The molecular formula is C30H32F8N4O6. The zero-order valence-electron chi connectivity index (χ0n) is 25.8. The zero-order valence-corrected chi connectivity index (χ0v) is 25.8. The highest BCUT2D eigenvalue weighted by Crippen LogP contribution is 2.29. The highest BCUT2D eigenvalue weighted by molar-refractivity contribution is 6.10. The molecule has 2 aromatic carbocycles. The Labute approximate surface area is 269 Å². The first kappa shape index (κ1) is 39.6. The van der Waals surface area contributed by atoms with Crippen molar-refractivity contribution < 1.29 is 63.8 Å². The molecule has 4 amide bonds. The molecule has 0 bridgehead atoms. The number of methoxy groups -OCH3 is 1. The molecule has 0 aromatic heterocycles. The number of aryl methyl sites for hydroxylation is 1.